The third kappa shape index (κ3) is 4.42. The standard InChI is InChI=1S/C18H21N7O/c1-23-10-11-24(2)18(23)22-20-16-7-5-15(6-8-16)19-21-17-4-3-9-25(14-17)12-13-26/h3-11,14,26H,12-13H2,1-2H3/q+2. The molecular formula is C18H21N7O+2. The number of aliphatic hydroxyl groups excluding tert-OH is 1. The van der Waals surface area contributed by atoms with E-state index in [1.54, 1.807) is 0 Å². The van der Waals surface area contributed by atoms with E-state index in [0.717, 1.165) is 23.0 Å². The Balaban J connectivity index is 1.69. The second-order valence-corrected chi connectivity index (χ2v) is 5.76. The first-order valence-corrected chi connectivity index (χ1v) is 8.20. The summed E-state index contributed by atoms with van der Waals surface area (Å²) in [5.41, 5.74) is 2.19. The number of imidazole rings is 1. The molecule has 26 heavy (non-hydrogen) atoms. The number of hydrogen-bond acceptors (Lipinski definition) is 5. The molecule has 2 aromatic heterocycles. The first kappa shape index (κ1) is 17.6. The van der Waals surface area contributed by atoms with Crippen molar-refractivity contribution in [2.75, 3.05) is 6.61 Å². The molecule has 8 heteroatoms. The van der Waals surface area contributed by atoms with Crippen LogP contribution in [0.4, 0.5) is 23.0 Å². The Morgan fingerprint density at radius 2 is 1.58 bits per heavy atom. The monoisotopic (exact) mass is 351 g/mol. The molecule has 0 amide bonds. The summed E-state index contributed by atoms with van der Waals surface area (Å²) in [6.45, 7) is 0.615. The smallest absolute Gasteiger partial charge is 0.390 e. The van der Waals surface area contributed by atoms with E-state index >= 15 is 0 Å². The zero-order chi connectivity index (χ0) is 18.4. The maximum atomic E-state index is 8.98. The molecule has 0 fully saturated rings. The third-order valence-corrected chi connectivity index (χ3v) is 3.73. The first-order chi connectivity index (χ1) is 12.7. The number of aliphatic hydroxyl groups is 1. The van der Waals surface area contributed by atoms with Crippen molar-refractivity contribution in [2.24, 2.45) is 34.6 Å². The molecule has 8 nitrogen and oxygen atoms in total. The fraction of sp³-hybridized carbons (Fsp3) is 0.222. The molecular weight excluding hydrogens is 330 g/mol. The van der Waals surface area contributed by atoms with E-state index in [0.29, 0.717) is 6.54 Å². The van der Waals surface area contributed by atoms with Crippen molar-refractivity contribution in [2.45, 2.75) is 6.54 Å². The number of aromatic nitrogens is 3. The number of pyridine rings is 1. The molecule has 0 unspecified atom stereocenters. The van der Waals surface area contributed by atoms with Crippen molar-refractivity contribution in [3.8, 4) is 0 Å². The van der Waals surface area contributed by atoms with Crippen molar-refractivity contribution in [3.63, 3.8) is 0 Å². The summed E-state index contributed by atoms with van der Waals surface area (Å²) in [6.07, 6.45) is 7.56. The van der Waals surface area contributed by atoms with Crippen LogP contribution in [0.2, 0.25) is 0 Å². The second-order valence-electron chi connectivity index (χ2n) is 5.76. The van der Waals surface area contributed by atoms with Gasteiger partial charge in [-0.05, 0) is 30.3 Å². The Kier molecular flexibility index (Phi) is 5.55. The van der Waals surface area contributed by atoms with Gasteiger partial charge in [-0.25, -0.2) is 13.7 Å². The Hall–Kier alpha value is -3.26. The minimum Gasteiger partial charge on any atom is -0.390 e. The number of azo groups is 2. The average Bonchev–Trinajstić information content (AvgIpc) is 2.98. The van der Waals surface area contributed by atoms with Gasteiger partial charge in [0, 0.05) is 11.2 Å². The van der Waals surface area contributed by atoms with Gasteiger partial charge in [0.2, 0.25) is 0 Å². The van der Waals surface area contributed by atoms with Crippen LogP contribution < -0.4 is 9.13 Å². The van der Waals surface area contributed by atoms with Gasteiger partial charge in [0.1, 0.15) is 18.0 Å². The quantitative estimate of drug-likeness (QED) is 0.537. The predicted molar refractivity (Wildman–Crippen MR) is 95.1 cm³/mol. The fourth-order valence-corrected chi connectivity index (χ4v) is 2.35. The van der Waals surface area contributed by atoms with Crippen LogP contribution in [-0.4, -0.2) is 16.3 Å². The van der Waals surface area contributed by atoms with Crippen molar-refractivity contribution in [1.82, 2.24) is 4.57 Å². The van der Waals surface area contributed by atoms with Gasteiger partial charge in [0.15, 0.2) is 18.9 Å². The van der Waals surface area contributed by atoms with E-state index in [9.17, 15) is 0 Å². The summed E-state index contributed by atoms with van der Waals surface area (Å²) in [5, 5.41) is 25.9. The third-order valence-electron chi connectivity index (χ3n) is 3.73. The molecule has 1 N–H and O–H groups in total. The minimum atomic E-state index is 0.0854. The number of hydrogen-bond donors (Lipinski definition) is 1. The molecule has 3 rings (SSSR count). The summed E-state index contributed by atoms with van der Waals surface area (Å²) in [4.78, 5) is 0. The Morgan fingerprint density at radius 3 is 2.19 bits per heavy atom. The molecule has 0 bridgehead atoms. The molecule has 3 aromatic rings. The molecule has 0 atom stereocenters. The summed E-state index contributed by atoms with van der Waals surface area (Å²) in [6, 6.07) is 11.1. The van der Waals surface area contributed by atoms with Crippen LogP contribution in [0.5, 0.6) is 0 Å². The van der Waals surface area contributed by atoms with Gasteiger partial charge in [-0.2, -0.15) is 5.11 Å². The fourth-order valence-electron chi connectivity index (χ4n) is 2.35. The van der Waals surface area contributed by atoms with E-state index < -0.39 is 0 Å². The maximum Gasteiger partial charge on any atom is 0.421 e. The number of nitrogens with zero attached hydrogens (tertiary/aromatic N) is 7. The van der Waals surface area contributed by atoms with E-state index in [1.165, 1.54) is 0 Å². The largest absolute Gasteiger partial charge is 0.421 e. The Bertz CT molecular complexity index is 909. The van der Waals surface area contributed by atoms with Gasteiger partial charge in [-0.3, -0.25) is 0 Å². The summed E-state index contributed by atoms with van der Waals surface area (Å²) in [5.74, 6) is 0.758. The molecule has 1 aromatic carbocycles. The van der Waals surface area contributed by atoms with E-state index in [1.807, 2.05) is 89.0 Å². The summed E-state index contributed by atoms with van der Waals surface area (Å²) < 4.78 is 5.66. The number of aryl methyl sites for hydroxylation is 2. The van der Waals surface area contributed by atoms with Crippen LogP contribution in [0.15, 0.2) is 81.6 Å². The van der Waals surface area contributed by atoms with E-state index in [-0.39, 0.29) is 6.61 Å². The molecule has 132 valence electrons. The van der Waals surface area contributed by atoms with Crippen molar-refractivity contribution >= 4 is 23.0 Å². The lowest BCUT2D eigenvalue weighted by molar-refractivity contribution is -0.697. The Morgan fingerprint density at radius 1 is 0.923 bits per heavy atom. The zero-order valence-electron chi connectivity index (χ0n) is 14.8. The van der Waals surface area contributed by atoms with Gasteiger partial charge in [-0.15, -0.1) is 5.11 Å². The number of benzene rings is 1. The zero-order valence-corrected chi connectivity index (χ0v) is 14.8. The Labute approximate surface area is 151 Å². The van der Waals surface area contributed by atoms with E-state index in [4.69, 9.17) is 5.11 Å². The van der Waals surface area contributed by atoms with Gasteiger partial charge in [-0.1, -0.05) is 5.11 Å². The molecule has 0 aliphatic heterocycles. The lowest BCUT2D eigenvalue weighted by Gasteiger charge is -1.95. The summed E-state index contributed by atoms with van der Waals surface area (Å²) in [7, 11) is 3.84. The van der Waals surface area contributed by atoms with Crippen LogP contribution in [0.3, 0.4) is 0 Å². The highest BCUT2D eigenvalue weighted by Crippen LogP contribution is 2.22. The van der Waals surface area contributed by atoms with Crippen molar-refractivity contribution in [3.05, 3.63) is 61.2 Å². The highest BCUT2D eigenvalue weighted by atomic mass is 16.3. The van der Waals surface area contributed by atoms with Crippen LogP contribution >= 0.6 is 0 Å². The first-order valence-electron chi connectivity index (χ1n) is 8.20. The second kappa shape index (κ2) is 8.21. The van der Waals surface area contributed by atoms with E-state index in [2.05, 4.69) is 20.5 Å². The molecule has 0 radical (unpaired) electrons. The topological polar surface area (TPSA) is 82.4 Å². The average molecular weight is 351 g/mol. The van der Waals surface area contributed by atoms with Gasteiger partial charge < -0.3 is 5.11 Å². The van der Waals surface area contributed by atoms with Crippen molar-refractivity contribution in [1.29, 1.82) is 0 Å². The molecule has 0 saturated carbocycles. The maximum absolute atomic E-state index is 8.98. The van der Waals surface area contributed by atoms with Crippen LogP contribution in [0.25, 0.3) is 0 Å². The van der Waals surface area contributed by atoms with Crippen LogP contribution in [0.1, 0.15) is 0 Å². The van der Waals surface area contributed by atoms with Crippen LogP contribution in [0, 0.1) is 0 Å². The van der Waals surface area contributed by atoms with Gasteiger partial charge in [0.05, 0.1) is 32.2 Å². The highest BCUT2D eigenvalue weighted by molar-refractivity contribution is 5.47. The number of rotatable bonds is 6. The lowest BCUT2D eigenvalue weighted by atomic mass is 10.3. The molecule has 2 heterocycles. The highest BCUT2D eigenvalue weighted by Gasteiger charge is 2.10. The summed E-state index contributed by atoms with van der Waals surface area (Å²) >= 11 is 0. The van der Waals surface area contributed by atoms with Crippen molar-refractivity contribution < 1.29 is 14.2 Å². The van der Waals surface area contributed by atoms with Gasteiger partial charge in [0.25, 0.3) is 0 Å². The predicted octanol–water partition coefficient (Wildman–Crippen LogP) is 2.96. The minimum absolute atomic E-state index is 0.0854. The molecule has 0 aliphatic carbocycles. The SMILES string of the molecule is Cn1cc[n+](C)c1N=Nc1ccc(N=Nc2ccc[n+](CCO)c2)cc1. The lowest BCUT2D eigenvalue weighted by Crippen LogP contribution is -2.34. The molecule has 0 aliphatic rings. The van der Waals surface area contributed by atoms with Gasteiger partial charge >= 0.3 is 5.95 Å². The van der Waals surface area contributed by atoms with Crippen LogP contribution in [-0.2, 0) is 20.6 Å². The molecule has 0 spiro atoms. The molecule has 0 saturated heterocycles. The normalized spacial score (nSPS) is 11.7.